The molecule has 3 aliphatic rings. The molecule has 2 fully saturated rings. The van der Waals surface area contributed by atoms with Gasteiger partial charge < -0.3 is 24.3 Å². The van der Waals surface area contributed by atoms with Crippen molar-refractivity contribution in [3.05, 3.63) is 60.6 Å². The molecule has 0 radical (unpaired) electrons. The van der Waals surface area contributed by atoms with E-state index in [2.05, 4.69) is 57.6 Å². The van der Waals surface area contributed by atoms with Crippen LogP contribution in [0.4, 0.5) is 11.5 Å². The zero-order chi connectivity index (χ0) is 28.3. The predicted molar refractivity (Wildman–Crippen MR) is 158 cm³/mol. The number of likely N-dealkylation sites (tertiary alicyclic amines) is 1. The Balaban J connectivity index is 1.33. The Morgan fingerprint density at radius 3 is 2.88 bits per heavy atom. The van der Waals surface area contributed by atoms with Gasteiger partial charge in [0.25, 0.3) is 0 Å². The highest BCUT2D eigenvalue weighted by atomic mass is 16.5. The number of carbonyl (C=O) groups excluding carboxylic acids is 1. The van der Waals surface area contributed by atoms with Gasteiger partial charge in [-0.15, -0.1) is 0 Å². The second-order valence-electron chi connectivity index (χ2n) is 11.1. The highest BCUT2D eigenvalue weighted by molar-refractivity contribution is 5.93. The third-order valence-corrected chi connectivity index (χ3v) is 8.67. The average molecular weight is 553 g/mol. The molecule has 10 heteroatoms. The molecule has 3 aliphatic heterocycles. The first-order chi connectivity index (χ1) is 20.1. The number of pyridine rings is 1. The van der Waals surface area contributed by atoms with Gasteiger partial charge in [-0.25, -0.2) is 0 Å². The van der Waals surface area contributed by atoms with Crippen molar-refractivity contribution in [3.63, 3.8) is 0 Å². The number of amides is 1. The van der Waals surface area contributed by atoms with E-state index in [-0.39, 0.29) is 18.4 Å². The van der Waals surface area contributed by atoms with Crippen LogP contribution in [-0.4, -0.2) is 89.1 Å². The van der Waals surface area contributed by atoms with Crippen molar-refractivity contribution >= 4 is 28.2 Å². The summed E-state index contributed by atoms with van der Waals surface area (Å²) in [5.74, 6) is 0.720. The van der Waals surface area contributed by atoms with E-state index in [0.717, 1.165) is 59.5 Å². The summed E-state index contributed by atoms with van der Waals surface area (Å²) in [6, 6.07) is 11.2. The molecule has 212 valence electrons. The molecule has 2 atom stereocenters. The molecule has 6 rings (SSSR count). The molecular formula is C31H36N8O2. The van der Waals surface area contributed by atoms with Crippen molar-refractivity contribution < 1.29 is 9.53 Å². The third kappa shape index (κ3) is 5.42. The predicted octanol–water partition coefficient (Wildman–Crippen LogP) is 3.18. The van der Waals surface area contributed by atoms with E-state index in [1.54, 1.807) is 4.90 Å². The van der Waals surface area contributed by atoms with Crippen molar-refractivity contribution in [2.45, 2.75) is 44.3 Å². The summed E-state index contributed by atoms with van der Waals surface area (Å²) in [5, 5.41) is 11.8. The number of hydrogen-bond acceptors (Lipinski definition) is 9. The SMILES string of the molecule is C=CC(=O)N1CCN(c2nc(OC[C@@H]3CCCN3C)nc3c2CCN(c2cccc4ccncc24)C3)C[C@@H]1CC#N. The number of piperazine rings is 1. The molecule has 0 N–H and O–H groups in total. The minimum atomic E-state index is -0.232. The third-order valence-electron chi connectivity index (χ3n) is 8.67. The lowest BCUT2D eigenvalue weighted by atomic mass is 10.0. The number of nitriles is 1. The molecule has 2 saturated heterocycles. The lowest BCUT2D eigenvalue weighted by Crippen LogP contribution is -2.55. The Hall–Kier alpha value is -4.23. The first kappa shape index (κ1) is 27.0. The smallest absolute Gasteiger partial charge is 0.318 e. The number of anilines is 2. The molecule has 2 aromatic heterocycles. The number of likely N-dealkylation sites (N-methyl/N-ethyl adjacent to an activating group) is 1. The molecule has 41 heavy (non-hydrogen) atoms. The van der Waals surface area contributed by atoms with Crippen LogP contribution in [0.5, 0.6) is 6.01 Å². The summed E-state index contributed by atoms with van der Waals surface area (Å²) in [4.78, 5) is 35.5. The summed E-state index contributed by atoms with van der Waals surface area (Å²) in [5.41, 5.74) is 3.21. The number of ether oxygens (including phenoxy) is 1. The maximum atomic E-state index is 12.5. The van der Waals surface area contributed by atoms with Crippen LogP contribution in [-0.2, 0) is 17.8 Å². The second kappa shape index (κ2) is 11.7. The first-order valence-corrected chi connectivity index (χ1v) is 14.4. The van der Waals surface area contributed by atoms with Crippen molar-refractivity contribution in [1.29, 1.82) is 5.26 Å². The van der Waals surface area contributed by atoms with Gasteiger partial charge in [0.15, 0.2) is 0 Å². The monoisotopic (exact) mass is 552 g/mol. The van der Waals surface area contributed by atoms with E-state index in [0.29, 0.717) is 44.8 Å². The van der Waals surface area contributed by atoms with Crippen LogP contribution in [0.15, 0.2) is 49.3 Å². The van der Waals surface area contributed by atoms with Crippen LogP contribution in [0.3, 0.4) is 0 Å². The van der Waals surface area contributed by atoms with Gasteiger partial charge in [0, 0.05) is 61.3 Å². The Kier molecular flexibility index (Phi) is 7.70. The summed E-state index contributed by atoms with van der Waals surface area (Å²) in [6.07, 6.45) is 8.39. The van der Waals surface area contributed by atoms with Gasteiger partial charge in [-0.05, 0) is 56.4 Å². The fourth-order valence-electron chi connectivity index (χ4n) is 6.39. The molecular weight excluding hydrogens is 516 g/mol. The normalized spacial score (nSPS) is 21.0. The van der Waals surface area contributed by atoms with E-state index in [1.165, 1.54) is 12.5 Å². The van der Waals surface area contributed by atoms with Crippen LogP contribution in [0.25, 0.3) is 10.8 Å². The number of carbonyl (C=O) groups is 1. The van der Waals surface area contributed by atoms with Gasteiger partial charge in [0.05, 0.1) is 30.8 Å². The number of nitrogens with zero attached hydrogens (tertiary/aromatic N) is 8. The summed E-state index contributed by atoms with van der Waals surface area (Å²) in [7, 11) is 2.14. The quantitative estimate of drug-likeness (QED) is 0.409. The number of fused-ring (bicyclic) bond motifs is 2. The summed E-state index contributed by atoms with van der Waals surface area (Å²) in [6.45, 7) is 8.38. The average Bonchev–Trinajstić information content (AvgIpc) is 3.43. The Morgan fingerprint density at radius 1 is 1.17 bits per heavy atom. The number of hydrogen-bond donors (Lipinski definition) is 0. The van der Waals surface area contributed by atoms with Crippen molar-refractivity contribution in [3.8, 4) is 12.1 Å². The van der Waals surface area contributed by atoms with E-state index in [1.807, 2.05) is 18.5 Å². The summed E-state index contributed by atoms with van der Waals surface area (Å²) < 4.78 is 6.27. The maximum Gasteiger partial charge on any atom is 0.318 e. The highest BCUT2D eigenvalue weighted by Gasteiger charge is 2.33. The van der Waals surface area contributed by atoms with Crippen LogP contribution < -0.4 is 14.5 Å². The standard InChI is InChI=1S/C31H36N8O2/c1-3-29(40)39-17-16-38(19-23(39)9-12-32)30-25-11-15-37(28-8-4-6-22-10-13-33-18-26(22)28)20-27(25)34-31(35-30)41-21-24-7-5-14-36(24)2/h3-4,6,8,10,13,18,23-24H,1,5,7,9,11,14-17,19-21H2,2H3/t23-,24-/m0/s1. The van der Waals surface area contributed by atoms with Crippen molar-refractivity contribution in [2.24, 2.45) is 0 Å². The van der Waals surface area contributed by atoms with E-state index >= 15 is 0 Å². The summed E-state index contributed by atoms with van der Waals surface area (Å²) >= 11 is 0. The molecule has 0 spiro atoms. The number of rotatable bonds is 7. The first-order valence-electron chi connectivity index (χ1n) is 14.4. The van der Waals surface area contributed by atoms with Gasteiger partial charge in [-0.1, -0.05) is 18.7 Å². The molecule has 3 aromatic rings. The molecule has 0 bridgehead atoms. The van der Waals surface area contributed by atoms with Gasteiger partial charge in [0.1, 0.15) is 12.4 Å². The lowest BCUT2D eigenvalue weighted by molar-refractivity contribution is -0.128. The molecule has 10 nitrogen and oxygen atoms in total. The zero-order valence-corrected chi connectivity index (χ0v) is 23.6. The number of aromatic nitrogens is 3. The minimum absolute atomic E-state index is 0.139. The largest absolute Gasteiger partial charge is 0.462 e. The minimum Gasteiger partial charge on any atom is -0.462 e. The Bertz CT molecular complexity index is 1480. The van der Waals surface area contributed by atoms with E-state index < -0.39 is 0 Å². The van der Waals surface area contributed by atoms with Crippen LogP contribution in [0.1, 0.15) is 30.5 Å². The van der Waals surface area contributed by atoms with Crippen molar-refractivity contribution in [2.75, 3.05) is 56.2 Å². The second-order valence-corrected chi connectivity index (χ2v) is 11.1. The van der Waals surface area contributed by atoms with Gasteiger partial charge in [-0.2, -0.15) is 15.2 Å². The molecule has 1 aromatic carbocycles. The molecule has 0 aliphatic carbocycles. The van der Waals surface area contributed by atoms with Crippen molar-refractivity contribution in [1.82, 2.24) is 24.8 Å². The van der Waals surface area contributed by atoms with Gasteiger partial charge >= 0.3 is 6.01 Å². The zero-order valence-electron chi connectivity index (χ0n) is 23.6. The molecule has 5 heterocycles. The van der Waals surface area contributed by atoms with E-state index in [4.69, 9.17) is 14.7 Å². The van der Waals surface area contributed by atoms with Crippen LogP contribution in [0.2, 0.25) is 0 Å². The Labute approximate surface area is 240 Å². The highest BCUT2D eigenvalue weighted by Crippen LogP contribution is 2.34. The molecule has 0 unspecified atom stereocenters. The Morgan fingerprint density at radius 2 is 2.07 bits per heavy atom. The van der Waals surface area contributed by atoms with Gasteiger partial charge in [0.2, 0.25) is 5.91 Å². The molecule has 1 amide bonds. The van der Waals surface area contributed by atoms with Crippen LogP contribution >= 0.6 is 0 Å². The fourth-order valence-corrected chi connectivity index (χ4v) is 6.39. The maximum absolute atomic E-state index is 12.5. The number of benzene rings is 1. The van der Waals surface area contributed by atoms with Gasteiger partial charge in [-0.3, -0.25) is 9.78 Å². The molecule has 0 saturated carbocycles. The lowest BCUT2D eigenvalue weighted by Gasteiger charge is -2.42. The topological polar surface area (TPSA) is 102 Å². The van der Waals surface area contributed by atoms with Crippen LogP contribution in [0, 0.1) is 11.3 Å². The van der Waals surface area contributed by atoms with E-state index in [9.17, 15) is 10.1 Å². The fraction of sp³-hybridized carbons (Fsp3) is 0.452.